The maximum atomic E-state index is 12.6. The lowest BCUT2D eigenvalue weighted by Gasteiger charge is -2.09. The van der Waals surface area contributed by atoms with Gasteiger partial charge in [-0.15, -0.1) is 0 Å². The Hall–Kier alpha value is -3.32. The van der Waals surface area contributed by atoms with Crippen LogP contribution < -0.4 is 10.6 Å². The van der Waals surface area contributed by atoms with Crippen molar-refractivity contribution in [2.75, 3.05) is 10.6 Å². The molecule has 28 heavy (non-hydrogen) atoms. The van der Waals surface area contributed by atoms with Crippen molar-refractivity contribution in [3.8, 4) is 11.3 Å². The van der Waals surface area contributed by atoms with Crippen LogP contribution in [0.1, 0.15) is 39.4 Å². The van der Waals surface area contributed by atoms with Gasteiger partial charge in [0.1, 0.15) is 0 Å². The fraction of sp³-hybridized carbons (Fsp3) is 0.143. The topological polar surface area (TPSA) is 88.2 Å². The van der Waals surface area contributed by atoms with Gasteiger partial charge in [-0.25, -0.2) is 4.98 Å². The number of carbonyl (C=O) groups excluding carboxylic acids is 3. The van der Waals surface area contributed by atoms with E-state index in [2.05, 4.69) is 15.6 Å². The molecule has 0 unspecified atom stereocenters. The largest absolute Gasteiger partial charge is 0.326 e. The molecule has 0 saturated carbocycles. The standard InChI is InChI=1S/C21H19N3O3S/c1-12-9-10-16(11-17(12)22-14(3)26)20(27)24-21-23-18(19(28-21)13(2)25)15-7-5-4-6-8-15/h4-11H,1-3H3,(H,22,26)(H,23,24,27). The summed E-state index contributed by atoms with van der Waals surface area (Å²) in [6, 6.07) is 14.4. The molecule has 0 aliphatic rings. The molecule has 0 atom stereocenters. The molecular weight excluding hydrogens is 374 g/mol. The molecule has 3 aromatic rings. The summed E-state index contributed by atoms with van der Waals surface area (Å²) in [6.07, 6.45) is 0. The minimum atomic E-state index is -0.366. The molecule has 2 N–H and O–H groups in total. The third-order valence-electron chi connectivity index (χ3n) is 4.03. The molecule has 0 radical (unpaired) electrons. The lowest BCUT2D eigenvalue weighted by Crippen LogP contribution is -2.13. The highest BCUT2D eigenvalue weighted by Crippen LogP contribution is 2.31. The van der Waals surface area contributed by atoms with Gasteiger partial charge in [0.25, 0.3) is 5.91 Å². The molecule has 2 amide bonds. The van der Waals surface area contributed by atoms with E-state index in [9.17, 15) is 14.4 Å². The summed E-state index contributed by atoms with van der Waals surface area (Å²) in [5, 5.41) is 5.80. The van der Waals surface area contributed by atoms with Crippen LogP contribution in [-0.2, 0) is 4.79 Å². The van der Waals surface area contributed by atoms with Crippen molar-refractivity contribution in [3.63, 3.8) is 0 Å². The summed E-state index contributed by atoms with van der Waals surface area (Å²) in [6.45, 7) is 4.74. The van der Waals surface area contributed by atoms with E-state index in [-0.39, 0.29) is 17.6 Å². The van der Waals surface area contributed by atoms with Crippen LogP contribution in [0.5, 0.6) is 0 Å². The van der Waals surface area contributed by atoms with Crippen molar-refractivity contribution in [3.05, 3.63) is 64.5 Å². The van der Waals surface area contributed by atoms with Crippen molar-refractivity contribution in [1.29, 1.82) is 0 Å². The van der Waals surface area contributed by atoms with Gasteiger partial charge in [-0.1, -0.05) is 47.7 Å². The average molecular weight is 393 g/mol. The molecule has 2 aromatic carbocycles. The zero-order valence-electron chi connectivity index (χ0n) is 15.7. The van der Waals surface area contributed by atoms with Gasteiger partial charge in [-0.05, 0) is 24.6 Å². The number of amides is 2. The highest BCUT2D eigenvalue weighted by molar-refractivity contribution is 7.18. The number of anilines is 2. The number of benzene rings is 2. The number of nitrogens with one attached hydrogen (secondary N) is 2. The quantitative estimate of drug-likeness (QED) is 0.623. The number of carbonyl (C=O) groups is 3. The van der Waals surface area contributed by atoms with Gasteiger partial charge in [0.15, 0.2) is 10.9 Å². The minimum absolute atomic E-state index is 0.111. The monoisotopic (exact) mass is 393 g/mol. The van der Waals surface area contributed by atoms with E-state index in [1.807, 2.05) is 37.3 Å². The second kappa shape index (κ2) is 8.14. The smallest absolute Gasteiger partial charge is 0.257 e. The molecule has 0 spiro atoms. The maximum absolute atomic E-state index is 12.6. The summed E-state index contributed by atoms with van der Waals surface area (Å²) < 4.78 is 0. The van der Waals surface area contributed by atoms with Gasteiger partial charge in [-0.2, -0.15) is 0 Å². The van der Waals surface area contributed by atoms with Gasteiger partial charge in [-0.3, -0.25) is 19.7 Å². The maximum Gasteiger partial charge on any atom is 0.257 e. The summed E-state index contributed by atoms with van der Waals surface area (Å²) in [5.41, 5.74) is 3.18. The van der Waals surface area contributed by atoms with Gasteiger partial charge < -0.3 is 5.32 Å². The zero-order chi connectivity index (χ0) is 20.3. The molecule has 0 fully saturated rings. The summed E-state index contributed by atoms with van der Waals surface area (Å²) in [4.78, 5) is 40.9. The molecule has 1 heterocycles. The molecule has 6 nitrogen and oxygen atoms in total. The predicted molar refractivity (Wildman–Crippen MR) is 111 cm³/mol. The first-order chi connectivity index (χ1) is 13.3. The van der Waals surface area contributed by atoms with Gasteiger partial charge in [0.2, 0.25) is 5.91 Å². The lowest BCUT2D eigenvalue weighted by molar-refractivity contribution is -0.114. The molecule has 0 saturated heterocycles. The first-order valence-corrected chi connectivity index (χ1v) is 9.43. The van der Waals surface area contributed by atoms with Crippen molar-refractivity contribution < 1.29 is 14.4 Å². The van der Waals surface area contributed by atoms with Crippen LogP contribution >= 0.6 is 11.3 Å². The van der Waals surface area contributed by atoms with Crippen LogP contribution in [0.2, 0.25) is 0 Å². The van der Waals surface area contributed by atoms with Gasteiger partial charge in [0.05, 0.1) is 10.6 Å². The van der Waals surface area contributed by atoms with E-state index in [1.54, 1.807) is 18.2 Å². The van der Waals surface area contributed by atoms with Crippen LogP contribution in [0, 0.1) is 6.92 Å². The van der Waals surface area contributed by atoms with Crippen LogP contribution in [0.15, 0.2) is 48.5 Å². The first-order valence-electron chi connectivity index (χ1n) is 8.62. The molecule has 3 rings (SSSR count). The van der Waals surface area contributed by atoms with Crippen LogP contribution in [-0.4, -0.2) is 22.6 Å². The number of ketones is 1. The number of hydrogen-bond donors (Lipinski definition) is 2. The normalized spacial score (nSPS) is 10.4. The van der Waals surface area contributed by atoms with E-state index in [4.69, 9.17) is 0 Å². The van der Waals surface area contributed by atoms with Crippen molar-refractivity contribution in [1.82, 2.24) is 4.98 Å². The van der Waals surface area contributed by atoms with E-state index in [1.165, 1.54) is 13.8 Å². The fourth-order valence-electron chi connectivity index (χ4n) is 2.66. The van der Waals surface area contributed by atoms with Crippen molar-refractivity contribution >= 4 is 39.8 Å². The Balaban J connectivity index is 1.89. The second-order valence-electron chi connectivity index (χ2n) is 6.28. The number of Topliss-reactive ketones (excluding diaryl/α,β-unsaturated/α-hetero) is 1. The molecule has 0 bridgehead atoms. The predicted octanol–water partition coefficient (Wildman–Crippen LogP) is 4.53. The van der Waals surface area contributed by atoms with E-state index in [0.29, 0.717) is 27.0 Å². The number of rotatable bonds is 5. The van der Waals surface area contributed by atoms with E-state index >= 15 is 0 Å². The Bertz CT molecular complexity index is 1060. The Morgan fingerprint density at radius 3 is 2.32 bits per heavy atom. The van der Waals surface area contributed by atoms with E-state index in [0.717, 1.165) is 22.5 Å². The SMILES string of the molecule is CC(=O)Nc1cc(C(=O)Nc2nc(-c3ccccc3)c(C(C)=O)s2)ccc1C. The lowest BCUT2D eigenvalue weighted by atomic mass is 10.1. The van der Waals surface area contributed by atoms with Crippen LogP contribution in [0.3, 0.4) is 0 Å². The Labute approximate surface area is 166 Å². The second-order valence-corrected chi connectivity index (χ2v) is 7.28. The fourth-order valence-corrected chi connectivity index (χ4v) is 3.54. The van der Waals surface area contributed by atoms with Crippen molar-refractivity contribution in [2.24, 2.45) is 0 Å². The molecule has 0 aliphatic carbocycles. The summed E-state index contributed by atoms with van der Waals surface area (Å²) in [5.74, 6) is -0.686. The molecule has 7 heteroatoms. The number of nitrogens with zero attached hydrogens (tertiary/aromatic N) is 1. The molecule has 0 aliphatic heterocycles. The molecular formula is C21H19N3O3S. The Morgan fingerprint density at radius 1 is 0.964 bits per heavy atom. The summed E-state index contributed by atoms with van der Waals surface area (Å²) in [7, 11) is 0. The number of aromatic nitrogens is 1. The number of thiazole rings is 1. The molecule has 1 aromatic heterocycles. The number of aryl methyl sites for hydroxylation is 1. The van der Waals surface area contributed by atoms with Gasteiger partial charge >= 0.3 is 0 Å². The zero-order valence-corrected chi connectivity index (χ0v) is 16.5. The first kappa shape index (κ1) is 19.4. The third-order valence-corrected chi connectivity index (χ3v) is 5.10. The summed E-state index contributed by atoms with van der Waals surface area (Å²) >= 11 is 1.14. The highest BCUT2D eigenvalue weighted by Gasteiger charge is 2.18. The Morgan fingerprint density at radius 2 is 1.68 bits per heavy atom. The van der Waals surface area contributed by atoms with Crippen LogP contribution in [0.4, 0.5) is 10.8 Å². The van der Waals surface area contributed by atoms with Gasteiger partial charge in [0, 0.05) is 30.7 Å². The van der Waals surface area contributed by atoms with E-state index < -0.39 is 0 Å². The molecule has 142 valence electrons. The minimum Gasteiger partial charge on any atom is -0.326 e. The highest BCUT2D eigenvalue weighted by atomic mass is 32.1. The average Bonchev–Trinajstić information content (AvgIpc) is 3.08. The third kappa shape index (κ3) is 4.32. The Kier molecular flexibility index (Phi) is 5.65. The number of hydrogen-bond acceptors (Lipinski definition) is 5. The van der Waals surface area contributed by atoms with Crippen molar-refractivity contribution in [2.45, 2.75) is 20.8 Å². The van der Waals surface area contributed by atoms with Crippen LogP contribution in [0.25, 0.3) is 11.3 Å².